The zero-order chi connectivity index (χ0) is 17.4. The highest BCUT2D eigenvalue weighted by Gasteiger charge is 2.43. The van der Waals surface area contributed by atoms with Crippen molar-refractivity contribution in [3.05, 3.63) is 42.7 Å². The average Bonchev–Trinajstić information content (AvgIpc) is 3.29. The van der Waals surface area contributed by atoms with Crippen molar-refractivity contribution in [2.24, 2.45) is 11.8 Å². The Balaban J connectivity index is 1.50. The van der Waals surface area contributed by atoms with Crippen LogP contribution in [0, 0.1) is 11.8 Å². The number of nitrogens with zero attached hydrogens (tertiary/aromatic N) is 4. The Morgan fingerprint density at radius 3 is 2.76 bits per heavy atom. The first-order chi connectivity index (χ1) is 12.2. The van der Waals surface area contributed by atoms with E-state index in [0.29, 0.717) is 42.7 Å². The molecule has 2 aromatic rings. The van der Waals surface area contributed by atoms with Gasteiger partial charge >= 0.3 is 0 Å². The molecule has 132 valence electrons. The van der Waals surface area contributed by atoms with Crippen LogP contribution in [0.4, 0.5) is 0 Å². The van der Waals surface area contributed by atoms with E-state index in [0.717, 1.165) is 6.42 Å². The Morgan fingerprint density at radius 1 is 1.24 bits per heavy atom. The van der Waals surface area contributed by atoms with E-state index < -0.39 is 6.10 Å². The van der Waals surface area contributed by atoms with Crippen molar-refractivity contribution in [1.29, 1.82) is 0 Å². The molecule has 2 aromatic heterocycles. The lowest BCUT2D eigenvalue weighted by atomic mass is 9.77. The number of carbonyl (C=O) groups excluding carboxylic acids is 1. The molecular formula is C18H22N4O3. The molecule has 0 spiro atoms. The van der Waals surface area contributed by atoms with Gasteiger partial charge in [0.15, 0.2) is 0 Å². The number of aliphatic hydroxyl groups is 1. The van der Waals surface area contributed by atoms with E-state index in [4.69, 9.17) is 4.74 Å². The summed E-state index contributed by atoms with van der Waals surface area (Å²) in [5.41, 5.74) is 0.544. The average molecular weight is 342 g/mol. The lowest BCUT2D eigenvalue weighted by Crippen LogP contribution is -2.35. The Labute approximate surface area is 146 Å². The van der Waals surface area contributed by atoms with Gasteiger partial charge in [0.25, 0.3) is 5.91 Å². The zero-order valence-electron chi connectivity index (χ0n) is 14.2. The maximum absolute atomic E-state index is 12.9. The second-order valence-corrected chi connectivity index (χ2v) is 6.92. The van der Waals surface area contributed by atoms with Crippen molar-refractivity contribution in [1.82, 2.24) is 19.4 Å². The summed E-state index contributed by atoms with van der Waals surface area (Å²) in [7, 11) is 1.55. The third-order valence-corrected chi connectivity index (χ3v) is 5.54. The topological polar surface area (TPSA) is 80.5 Å². The number of likely N-dealkylation sites (tertiary alicyclic amines) is 1. The summed E-state index contributed by atoms with van der Waals surface area (Å²) in [6.07, 6.45) is 9.73. The lowest BCUT2D eigenvalue weighted by Gasteiger charge is -2.35. The summed E-state index contributed by atoms with van der Waals surface area (Å²) in [5, 5.41) is 10.5. The minimum absolute atomic E-state index is 0.0256. The molecule has 25 heavy (non-hydrogen) atoms. The number of rotatable bonds is 3. The first-order valence-corrected chi connectivity index (χ1v) is 8.60. The number of amides is 1. The number of aliphatic hydroxyl groups excluding tert-OH is 1. The maximum Gasteiger partial charge on any atom is 0.257 e. The standard InChI is InChI=1S/C18H22N4O3/c1-25-17-8-19-3-2-14(17)18(24)22-9-12-6-15(21-5-4-20-11-21)16(23)7-13(12)10-22/h2-5,8,11-13,15-16,23H,6-7,9-10H2,1H3/t12-,13+,15-,16-/m1/s1. The molecule has 1 aliphatic heterocycles. The molecule has 1 saturated heterocycles. The number of methoxy groups -OCH3 is 1. The highest BCUT2D eigenvalue weighted by molar-refractivity contribution is 5.96. The summed E-state index contributed by atoms with van der Waals surface area (Å²) >= 11 is 0. The van der Waals surface area contributed by atoms with Crippen LogP contribution in [0.3, 0.4) is 0 Å². The SMILES string of the molecule is COc1cnccc1C(=O)N1C[C@H]2C[C@@H](n3ccnc3)[C@H](O)C[C@H]2C1. The van der Waals surface area contributed by atoms with Gasteiger partial charge in [-0.15, -0.1) is 0 Å². The van der Waals surface area contributed by atoms with E-state index in [1.165, 1.54) is 0 Å². The van der Waals surface area contributed by atoms with Crippen LogP contribution >= 0.6 is 0 Å². The van der Waals surface area contributed by atoms with E-state index in [9.17, 15) is 9.90 Å². The normalized spacial score (nSPS) is 28.6. The second kappa shape index (κ2) is 6.48. The summed E-state index contributed by atoms with van der Waals surface area (Å²) in [6.45, 7) is 1.40. The van der Waals surface area contributed by atoms with Crippen LogP contribution in [0.25, 0.3) is 0 Å². The minimum atomic E-state index is -0.402. The molecule has 7 nitrogen and oxygen atoms in total. The monoisotopic (exact) mass is 342 g/mol. The third kappa shape index (κ3) is 2.89. The number of pyridine rings is 1. The van der Waals surface area contributed by atoms with Crippen LogP contribution in [0.1, 0.15) is 29.2 Å². The molecule has 0 bridgehead atoms. The molecule has 1 saturated carbocycles. The lowest BCUT2D eigenvalue weighted by molar-refractivity contribution is 0.0357. The summed E-state index contributed by atoms with van der Waals surface area (Å²) in [6, 6.07) is 1.74. The predicted molar refractivity (Wildman–Crippen MR) is 90.2 cm³/mol. The fourth-order valence-electron chi connectivity index (χ4n) is 4.25. The number of hydrogen-bond acceptors (Lipinski definition) is 5. The van der Waals surface area contributed by atoms with Crippen molar-refractivity contribution < 1.29 is 14.6 Å². The number of imidazole rings is 1. The molecule has 0 unspecified atom stereocenters. The minimum Gasteiger partial charge on any atom is -0.494 e. The Bertz CT molecular complexity index is 749. The van der Waals surface area contributed by atoms with Crippen molar-refractivity contribution in [3.8, 4) is 5.75 Å². The molecule has 4 rings (SSSR count). The molecular weight excluding hydrogens is 320 g/mol. The van der Waals surface area contributed by atoms with E-state index in [-0.39, 0.29) is 11.9 Å². The third-order valence-electron chi connectivity index (χ3n) is 5.54. The number of aromatic nitrogens is 3. The second-order valence-electron chi connectivity index (χ2n) is 6.92. The summed E-state index contributed by atoms with van der Waals surface area (Å²) < 4.78 is 7.25. The summed E-state index contributed by atoms with van der Waals surface area (Å²) in [4.78, 5) is 22.9. The van der Waals surface area contributed by atoms with Crippen LogP contribution < -0.4 is 4.74 Å². The quantitative estimate of drug-likeness (QED) is 0.911. The van der Waals surface area contributed by atoms with Gasteiger partial charge in [0.05, 0.1) is 37.3 Å². The van der Waals surface area contributed by atoms with Gasteiger partial charge in [0.1, 0.15) is 5.75 Å². The maximum atomic E-state index is 12.9. The molecule has 4 atom stereocenters. The Hall–Kier alpha value is -2.41. The molecule has 1 amide bonds. The van der Waals surface area contributed by atoms with Crippen LogP contribution in [-0.2, 0) is 0 Å². The molecule has 0 aromatic carbocycles. The van der Waals surface area contributed by atoms with E-state index in [1.54, 1.807) is 38.1 Å². The first kappa shape index (κ1) is 16.1. The number of hydrogen-bond donors (Lipinski definition) is 1. The molecule has 3 heterocycles. The van der Waals surface area contributed by atoms with Gasteiger partial charge in [-0.2, -0.15) is 0 Å². The van der Waals surface area contributed by atoms with Crippen LogP contribution in [0.15, 0.2) is 37.2 Å². The van der Waals surface area contributed by atoms with Crippen LogP contribution in [0.2, 0.25) is 0 Å². The van der Waals surface area contributed by atoms with E-state index in [1.807, 2.05) is 15.7 Å². The van der Waals surface area contributed by atoms with Gasteiger partial charge in [0.2, 0.25) is 0 Å². The number of ether oxygens (including phenoxy) is 1. The Kier molecular flexibility index (Phi) is 4.17. The molecule has 7 heteroatoms. The van der Waals surface area contributed by atoms with E-state index in [2.05, 4.69) is 9.97 Å². The fraction of sp³-hybridized carbons (Fsp3) is 0.500. The highest BCUT2D eigenvalue weighted by Crippen LogP contribution is 2.41. The van der Waals surface area contributed by atoms with Crippen molar-refractivity contribution in [2.45, 2.75) is 25.0 Å². The highest BCUT2D eigenvalue weighted by atomic mass is 16.5. The van der Waals surface area contributed by atoms with Gasteiger partial charge in [-0.3, -0.25) is 9.78 Å². The van der Waals surface area contributed by atoms with Gasteiger partial charge in [-0.05, 0) is 30.7 Å². The van der Waals surface area contributed by atoms with Gasteiger partial charge < -0.3 is 19.3 Å². The largest absolute Gasteiger partial charge is 0.494 e. The van der Waals surface area contributed by atoms with Crippen molar-refractivity contribution in [2.75, 3.05) is 20.2 Å². The van der Waals surface area contributed by atoms with Gasteiger partial charge in [-0.1, -0.05) is 0 Å². The van der Waals surface area contributed by atoms with Crippen molar-refractivity contribution in [3.63, 3.8) is 0 Å². The van der Waals surface area contributed by atoms with E-state index >= 15 is 0 Å². The molecule has 1 N–H and O–H groups in total. The van der Waals surface area contributed by atoms with Crippen LogP contribution in [-0.4, -0.2) is 56.8 Å². The number of carbonyl (C=O) groups is 1. The summed E-state index contributed by atoms with van der Waals surface area (Å²) in [5.74, 6) is 1.21. The van der Waals surface area contributed by atoms with Gasteiger partial charge in [0, 0.05) is 31.7 Å². The molecule has 2 aliphatic rings. The smallest absolute Gasteiger partial charge is 0.257 e. The predicted octanol–water partition coefficient (Wildman–Crippen LogP) is 1.37. The molecule has 1 aliphatic carbocycles. The zero-order valence-corrected chi connectivity index (χ0v) is 14.2. The van der Waals surface area contributed by atoms with Crippen molar-refractivity contribution >= 4 is 5.91 Å². The Morgan fingerprint density at radius 2 is 2.04 bits per heavy atom. The van der Waals surface area contributed by atoms with Crippen LogP contribution in [0.5, 0.6) is 5.75 Å². The van der Waals surface area contributed by atoms with Gasteiger partial charge in [-0.25, -0.2) is 4.98 Å². The first-order valence-electron chi connectivity index (χ1n) is 8.60. The molecule has 0 radical (unpaired) electrons. The number of fused-ring (bicyclic) bond motifs is 1. The fourth-order valence-corrected chi connectivity index (χ4v) is 4.25. The molecule has 2 fully saturated rings.